The van der Waals surface area contributed by atoms with Gasteiger partial charge in [-0.1, -0.05) is 0 Å². The van der Waals surface area contributed by atoms with E-state index in [2.05, 4.69) is 12.5 Å². The number of fused-ring (bicyclic) bond motifs is 1. The highest BCUT2D eigenvalue weighted by molar-refractivity contribution is 7.86. The second-order valence-corrected chi connectivity index (χ2v) is 14.6. The Morgan fingerprint density at radius 1 is 0.717 bits per heavy atom. The second-order valence-electron chi connectivity index (χ2n) is 8.76. The number of amides is 1. The minimum Gasteiger partial charge on any atom is -0.464 e. The Morgan fingerprint density at radius 2 is 1.24 bits per heavy atom. The number of benzene rings is 2. The minimum atomic E-state index is -5.70. The lowest BCUT2D eigenvalue weighted by Gasteiger charge is -2.36. The smallest absolute Gasteiger partial charge is 0.446 e. The van der Waals surface area contributed by atoms with Gasteiger partial charge in [0, 0.05) is 18.5 Å². The monoisotopic (exact) mass is 757 g/mol. The van der Waals surface area contributed by atoms with E-state index in [1.807, 2.05) is 0 Å². The molecule has 22 nitrogen and oxygen atoms in total. The quantitative estimate of drug-likeness (QED) is 0.133. The summed E-state index contributed by atoms with van der Waals surface area (Å²) in [5.41, 5.74) is -1.38. The number of esters is 1. The van der Waals surface area contributed by atoms with E-state index in [-0.39, 0.29) is 29.9 Å². The van der Waals surface area contributed by atoms with Gasteiger partial charge in [-0.25, -0.2) is 4.79 Å². The van der Waals surface area contributed by atoms with Crippen molar-refractivity contribution in [3.63, 3.8) is 0 Å². The average Bonchev–Trinajstić information content (AvgIpc) is 2.84. The molecule has 27 heteroatoms. The van der Waals surface area contributed by atoms with Crippen LogP contribution < -0.4 is 12.5 Å². The number of rotatable bonds is 11. The zero-order chi connectivity index (χ0) is 35.2. The molecule has 1 aliphatic heterocycles. The Balaban J connectivity index is 2.31. The lowest BCUT2D eigenvalue weighted by atomic mass is 9.93. The SMILES string of the molecule is CCOC(=O)[C@@H]1Cc2cc(S(=O)(=O)O)c(OS(=O)(=O)O)cc2CN1C(=O)c1cc(OS(=O)(=O)O)c(OS(=O)(=O)O)c(S(=O)(=O)O)c1. The number of carbonyl (C=O) groups excluding carboxylic acids is 2. The van der Waals surface area contributed by atoms with Crippen LogP contribution in [0.2, 0.25) is 0 Å². The summed E-state index contributed by atoms with van der Waals surface area (Å²) in [5, 5.41) is 0. The third-order valence-corrected chi connectivity index (χ3v) is 8.51. The fourth-order valence-electron chi connectivity index (χ4n) is 4.06. The van der Waals surface area contributed by atoms with Gasteiger partial charge in [0.2, 0.25) is 5.75 Å². The molecular formula is C19H19NO21S5. The summed E-state index contributed by atoms with van der Waals surface area (Å²) in [6.45, 7) is 0.230. The summed E-state index contributed by atoms with van der Waals surface area (Å²) in [5.74, 6) is -7.18. The molecule has 5 N–H and O–H groups in total. The van der Waals surface area contributed by atoms with Crippen LogP contribution in [0.4, 0.5) is 0 Å². The summed E-state index contributed by atoms with van der Waals surface area (Å²) in [4.78, 5) is 24.3. The van der Waals surface area contributed by atoms with E-state index >= 15 is 0 Å². The predicted octanol–water partition coefficient (Wildman–Crippen LogP) is -1.14. The molecule has 0 aromatic heterocycles. The molecule has 0 radical (unpaired) electrons. The van der Waals surface area contributed by atoms with Gasteiger partial charge >= 0.3 is 37.2 Å². The third-order valence-electron chi connectivity index (χ3n) is 5.62. The van der Waals surface area contributed by atoms with Crippen molar-refractivity contribution in [2.24, 2.45) is 0 Å². The molecule has 0 spiro atoms. The summed E-state index contributed by atoms with van der Waals surface area (Å²) >= 11 is 0. The number of carbonyl (C=O) groups is 2. The van der Waals surface area contributed by atoms with Gasteiger partial charge in [-0.15, -0.1) is 0 Å². The molecule has 3 rings (SSSR count). The molecule has 1 aliphatic rings. The van der Waals surface area contributed by atoms with Crippen LogP contribution in [0.25, 0.3) is 0 Å². The van der Waals surface area contributed by atoms with Crippen molar-refractivity contribution < 1.29 is 91.7 Å². The van der Waals surface area contributed by atoms with Crippen molar-refractivity contribution in [1.29, 1.82) is 0 Å². The molecule has 2 aromatic rings. The molecule has 1 atom stereocenters. The van der Waals surface area contributed by atoms with Crippen molar-refractivity contribution in [2.75, 3.05) is 6.61 Å². The van der Waals surface area contributed by atoms with E-state index in [1.165, 1.54) is 6.92 Å². The summed E-state index contributed by atoms with van der Waals surface area (Å²) in [6, 6.07) is -0.0301. The van der Waals surface area contributed by atoms with Crippen LogP contribution >= 0.6 is 0 Å². The molecule has 2 aromatic carbocycles. The first-order valence-electron chi connectivity index (χ1n) is 11.5. The van der Waals surface area contributed by atoms with Crippen LogP contribution in [0, 0.1) is 0 Å². The maximum Gasteiger partial charge on any atom is 0.446 e. The van der Waals surface area contributed by atoms with E-state index in [1.54, 1.807) is 0 Å². The molecule has 1 heterocycles. The van der Waals surface area contributed by atoms with Gasteiger partial charge in [0.15, 0.2) is 11.5 Å². The van der Waals surface area contributed by atoms with Crippen LogP contribution in [0.5, 0.6) is 17.2 Å². The van der Waals surface area contributed by atoms with E-state index < -0.39 is 115 Å². The van der Waals surface area contributed by atoms with Crippen molar-refractivity contribution in [3.8, 4) is 17.2 Å². The maximum atomic E-state index is 13.7. The van der Waals surface area contributed by atoms with Gasteiger partial charge in [0.1, 0.15) is 15.8 Å². The molecule has 0 saturated carbocycles. The molecule has 0 bridgehead atoms. The molecule has 1 amide bonds. The molecule has 0 fully saturated rings. The molecule has 256 valence electrons. The third kappa shape index (κ3) is 9.20. The van der Waals surface area contributed by atoms with Crippen molar-refractivity contribution in [1.82, 2.24) is 4.90 Å². The number of ether oxygens (including phenoxy) is 1. The van der Waals surface area contributed by atoms with Crippen LogP contribution in [-0.2, 0) is 73.9 Å². The zero-order valence-corrected chi connectivity index (χ0v) is 26.3. The van der Waals surface area contributed by atoms with Crippen LogP contribution in [-0.4, -0.2) is 94.3 Å². The highest BCUT2D eigenvalue weighted by Crippen LogP contribution is 2.39. The van der Waals surface area contributed by atoms with Crippen molar-refractivity contribution >= 4 is 63.3 Å². The van der Waals surface area contributed by atoms with E-state index in [4.69, 9.17) is 18.4 Å². The molecule has 0 unspecified atom stereocenters. The zero-order valence-electron chi connectivity index (χ0n) is 22.3. The fourth-order valence-corrected chi connectivity index (χ4v) is 6.56. The van der Waals surface area contributed by atoms with E-state index in [0.717, 1.165) is 0 Å². The molecular weight excluding hydrogens is 739 g/mol. The Bertz CT molecular complexity index is 2160. The molecule has 46 heavy (non-hydrogen) atoms. The Hall–Kier alpha value is -3.67. The number of nitrogens with zero attached hydrogens (tertiary/aromatic N) is 1. The standard InChI is InChI=1S/C19H19NO21S5/c1-2-38-19(22)12-3-9-6-15(42(23,24)25)13(39-44(29,30)31)5-11(9)8-20(12)18(21)10-4-14(40-45(32,33)34)17(41-46(35,36)37)16(7-10)43(26,27)28/h4-7,12H,2-3,8H2,1H3,(H,23,24,25)(H,26,27,28)(H,29,30,31)(H,32,33,34)(H,35,36,37)/t12-/m0/s1. The summed E-state index contributed by atoms with van der Waals surface area (Å²) < 4.78 is 180. The summed E-state index contributed by atoms with van der Waals surface area (Å²) in [6.07, 6.45) is -0.655. The van der Waals surface area contributed by atoms with Crippen molar-refractivity contribution in [3.05, 3.63) is 41.0 Å². The topological polar surface area (TPSA) is 346 Å². The molecule has 0 aliphatic carbocycles. The van der Waals surface area contributed by atoms with Gasteiger partial charge in [-0.3, -0.25) is 27.6 Å². The fraction of sp³-hybridized carbons (Fsp3) is 0.263. The first kappa shape index (κ1) is 36.8. The Labute approximate surface area is 259 Å². The first-order chi connectivity index (χ1) is 20.7. The minimum absolute atomic E-state index is 0.136. The largest absolute Gasteiger partial charge is 0.464 e. The number of hydrogen-bond donors (Lipinski definition) is 5. The lowest BCUT2D eigenvalue weighted by molar-refractivity contribution is -0.149. The summed E-state index contributed by atoms with van der Waals surface area (Å²) in [7, 11) is -27.7. The normalized spacial score (nSPS) is 15.9. The average molecular weight is 758 g/mol. The maximum absolute atomic E-state index is 13.7. The highest BCUT2D eigenvalue weighted by Gasteiger charge is 2.39. The molecule has 0 saturated heterocycles. The van der Waals surface area contributed by atoms with Gasteiger partial charge in [0.05, 0.1) is 6.61 Å². The van der Waals surface area contributed by atoms with Crippen LogP contribution in [0.3, 0.4) is 0 Å². The van der Waals surface area contributed by atoms with E-state index in [0.29, 0.717) is 17.0 Å². The van der Waals surface area contributed by atoms with Crippen LogP contribution in [0.15, 0.2) is 34.1 Å². The van der Waals surface area contributed by atoms with Gasteiger partial charge in [0.25, 0.3) is 26.1 Å². The van der Waals surface area contributed by atoms with Crippen LogP contribution in [0.1, 0.15) is 28.4 Å². The lowest BCUT2D eigenvalue weighted by Crippen LogP contribution is -2.49. The highest BCUT2D eigenvalue weighted by atomic mass is 32.3. The van der Waals surface area contributed by atoms with Crippen molar-refractivity contribution in [2.45, 2.75) is 35.7 Å². The van der Waals surface area contributed by atoms with Gasteiger partial charge < -0.3 is 22.2 Å². The Kier molecular flexibility index (Phi) is 10.00. The van der Waals surface area contributed by atoms with E-state index in [9.17, 15) is 60.8 Å². The predicted molar refractivity (Wildman–Crippen MR) is 143 cm³/mol. The van der Waals surface area contributed by atoms with Gasteiger partial charge in [-0.05, 0) is 42.3 Å². The van der Waals surface area contributed by atoms with Gasteiger partial charge in [-0.2, -0.15) is 42.1 Å². The second kappa shape index (κ2) is 12.5. The Morgan fingerprint density at radius 3 is 1.72 bits per heavy atom. The first-order valence-corrected chi connectivity index (χ1v) is 18.4. The number of hydrogen-bond acceptors (Lipinski definition) is 16.